The van der Waals surface area contributed by atoms with E-state index < -0.39 is 0 Å². The number of rotatable bonds is 1. The predicted molar refractivity (Wildman–Crippen MR) is 45.8 cm³/mol. The van der Waals surface area contributed by atoms with E-state index in [9.17, 15) is 0 Å². The van der Waals surface area contributed by atoms with Gasteiger partial charge in [0.05, 0.1) is 12.4 Å². The zero-order chi connectivity index (χ0) is 9.26. The van der Waals surface area contributed by atoms with Crippen molar-refractivity contribution in [3.05, 3.63) is 18.5 Å². The van der Waals surface area contributed by atoms with E-state index >= 15 is 0 Å². The smallest absolute Gasteiger partial charge is 0.255 e. The molecular weight excluding hydrogens is 170 g/mol. The molecular formula is C6H7N7. The molecule has 0 saturated carbocycles. The molecule has 7 heteroatoms. The average Bonchev–Trinajstić information content (AvgIpc) is 2.53. The van der Waals surface area contributed by atoms with Gasteiger partial charge in [-0.25, -0.2) is 0 Å². The Bertz CT molecular complexity index is 387. The number of nitrogen functional groups attached to an aromatic ring is 2. The SMILES string of the molecule is Nc1cc(N)nc(-n2ccnn2)n1. The molecule has 0 bridgehead atoms. The Kier molecular flexibility index (Phi) is 1.55. The monoisotopic (exact) mass is 177 g/mol. The van der Waals surface area contributed by atoms with Crippen molar-refractivity contribution in [3.8, 4) is 5.95 Å². The summed E-state index contributed by atoms with van der Waals surface area (Å²) in [6.07, 6.45) is 3.12. The van der Waals surface area contributed by atoms with Crippen LogP contribution in [0.5, 0.6) is 0 Å². The fourth-order valence-electron chi connectivity index (χ4n) is 0.889. The number of nitrogens with zero attached hydrogens (tertiary/aromatic N) is 5. The third-order valence-electron chi connectivity index (χ3n) is 1.38. The fraction of sp³-hybridized carbons (Fsp3) is 0. The first-order valence-electron chi connectivity index (χ1n) is 3.52. The Labute approximate surface area is 73.4 Å². The van der Waals surface area contributed by atoms with Gasteiger partial charge in [0.1, 0.15) is 11.6 Å². The highest BCUT2D eigenvalue weighted by atomic mass is 15.5. The van der Waals surface area contributed by atoms with E-state index in [0.717, 1.165) is 0 Å². The third-order valence-corrected chi connectivity index (χ3v) is 1.38. The Hall–Kier alpha value is -2.18. The number of anilines is 2. The minimum atomic E-state index is 0.304. The molecule has 0 aliphatic carbocycles. The van der Waals surface area contributed by atoms with E-state index in [1.807, 2.05) is 0 Å². The molecule has 0 aromatic carbocycles. The molecule has 0 radical (unpaired) electrons. The lowest BCUT2D eigenvalue weighted by atomic mass is 10.5. The number of aromatic nitrogens is 5. The van der Waals surface area contributed by atoms with Gasteiger partial charge in [-0.1, -0.05) is 5.21 Å². The second kappa shape index (κ2) is 2.70. The van der Waals surface area contributed by atoms with Crippen LogP contribution in [0, 0.1) is 0 Å². The molecule has 0 aliphatic rings. The van der Waals surface area contributed by atoms with E-state index in [-0.39, 0.29) is 0 Å². The molecule has 0 aliphatic heterocycles. The molecule has 2 aromatic heterocycles. The van der Waals surface area contributed by atoms with Crippen molar-refractivity contribution in [3.63, 3.8) is 0 Å². The van der Waals surface area contributed by atoms with E-state index in [0.29, 0.717) is 17.6 Å². The van der Waals surface area contributed by atoms with Gasteiger partial charge >= 0.3 is 0 Å². The maximum atomic E-state index is 5.47. The van der Waals surface area contributed by atoms with Crippen molar-refractivity contribution in [2.45, 2.75) is 0 Å². The first kappa shape index (κ1) is 7.47. The van der Waals surface area contributed by atoms with Gasteiger partial charge in [0.15, 0.2) is 0 Å². The zero-order valence-electron chi connectivity index (χ0n) is 6.62. The zero-order valence-corrected chi connectivity index (χ0v) is 6.62. The van der Waals surface area contributed by atoms with Crippen molar-refractivity contribution in [1.82, 2.24) is 25.0 Å². The largest absolute Gasteiger partial charge is 0.383 e. The summed E-state index contributed by atoms with van der Waals surface area (Å²) in [7, 11) is 0. The van der Waals surface area contributed by atoms with Crippen molar-refractivity contribution in [2.24, 2.45) is 0 Å². The van der Waals surface area contributed by atoms with E-state index in [4.69, 9.17) is 11.5 Å². The van der Waals surface area contributed by atoms with Crippen LogP contribution in [0.25, 0.3) is 5.95 Å². The molecule has 0 unspecified atom stereocenters. The molecule has 2 aromatic rings. The van der Waals surface area contributed by atoms with Crippen LogP contribution < -0.4 is 11.5 Å². The van der Waals surface area contributed by atoms with Gasteiger partial charge < -0.3 is 11.5 Å². The van der Waals surface area contributed by atoms with Crippen LogP contribution in [-0.4, -0.2) is 25.0 Å². The second-order valence-corrected chi connectivity index (χ2v) is 2.37. The average molecular weight is 177 g/mol. The molecule has 13 heavy (non-hydrogen) atoms. The summed E-state index contributed by atoms with van der Waals surface area (Å²) >= 11 is 0. The number of hydrogen-bond acceptors (Lipinski definition) is 6. The summed E-state index contributed by atoms with van der Waals surface area (Å²) in [5.74, 6) is 0.922. The molecule has 66 valence electrons. The number of hydrogen-bond donors (Lipinski definition) is 2. The second-order valence-electron chi connectivity index (χ2n) is 2.37. The van der Waals surface area contributed by atoms with Crippen LogP contribution in [0.3, 0.4) is 0 Å². The molecule has 0 saturated heterocycles. The van der Waals surface area contributed by atoms with Gasteiger partial charge in [0, 0.05) is 6.07 Å². The predicted octanol–water partition coefficient (Wildman–Crippen LogP) is -0.778. The van der Waals surface area contributed by atoms with Crippen molar-refractivity contribution in [2.75, 3.05) is 11.5 Å². The topological polar surface area (TPSA) is 109 Å². The van der Waals surface area contributed by atoms with Crippen LogP contribution in [0.4, 0.5) is 11.6 Å². The summed E-state index contributed by atoms with van der Waals surface area (Å²) < 4.78 is 1.38. The summed E-state index contributed by atoms with van der Waals surface area (Å²) in [5.41, 5.74) is 10.9. The lowest BCUT2D eigenvalue weighted by Gasteiger charge is -2.00. The number of nitrogens with two attached hydrogens (primary N) is 2. The normalized spacial score (nSPS) is 10.2. The highest BCUT2D eigenvalue weighted by Crippen LogP contribution is 2.06. The lowest BCUT2D eigenvalue weighted by molar-refractivity contribution is 0.758. The van der Waals surface area contributed by atoms with Gasteiger partial charge in [0.25, 0.3) is 5.95 Å². The van der Waals surface area contributed by atoms with Gasteiger partial charge in [-0.2, -0.15) is 14.6 Å². The molecule has 7 nitrogen and oxygen atoms in total. The molecule has 2 heterocycles. The van der Waals surface area contributed by atoms with Crippen LogP contribution in [0.2, 0.25) is 0 Å². The van der Waals surface area contributed by atoms with Crippen molar-refractivity contribution in [1.29, 1.82) is 0 Å². The fourth-order valence-corrected chi connectivity index (χ4v) is 0.889. The maximum absolute atomic E-state index is 5.47. The van der Waals surface area contributed by atoms with Crippen molar-refractivity contribution >= 4 is 11.6 Å². The van der Waals surface area contributed by atoms with Gasteiger partial charge in [-0.3, -0.25) is 0 Å². The Morgan fingerprint density at radius 2 is 1.85 bits per heavy atom. The van der Waals surface area contributed by atoms with Gasteiger partial charge in [0.2, 0.25) is 0 Å². The molecule has 0 fully saturated rings. The first-order valence-corrected chi connectivity index (χ1v) is 3.52. The highest BCUT2D eigenvalue weighted by molar-refractivity contribution is 5.43. The van der Waals surface area contributed by atoms with Crippen LogP contribution >= 0.6 is 0 Å². The van der Waals surface area contributed by atoms with Crippen LogP contribution in [0.1, 0.15) is 0 Å². The van der Waals surface area contributed by atoms with Crippen molar-refractivity contribution < 1.29 is 0 Å². The third kappa shape index (κ3) is 1.39. The quantitative estimate of drug-likeness (QED) is 0.591. The van der Waals surface area contributed by atoms with Gasteiger partial charge in [-0.05, 0) is 0 Å². The molecule has 4 N–H and O–H groups in total. The molecule has 0 atom stereocenters. The van der Waals surface area contributed by atoms with E-state index in [1.54, 1.807) is 6.20 Å². The Morgan fingerprint density at radius 3 is 2.38 bits per heavy atom. The standard InChI is InChI=1S/C6H7N7/c7-4-3-5(8)11-6(10-4)13-2-1-9-12-13/h1-3H,(H4,7,8,10,11). The summed E-state index contributed by atoms with van der Waals surface area (Å²) in [5, 5.41) is 7.31. The van der Waals surface area contributed by atoms with Crippen LogP contribution in [0.15, 0.2) is 18.5 Å². The summed E-state index contributed by atoms with van der Waals surface area (Å²) in [4.78, 5) is 7.85. The first-order chi connectivity index (χ1) is 6.25. The lowest BCUT2D eigenvalue weighted by Crippen LogP contribution is -2.06. The summed E-state index contributed by atoms with van der Waals surface area (Å²) in [6.45, 7) is 0. The maximum Gasteiger partial charge on any atom is 0.255 e. The molecule has 2 rings (SSSR count). The Morgan fingerprint density at radius 1 is 1.15 bits per heavy atom. The van der Waals surface area contributed by atoms with Gasteiger partial charge in [-0.15, -0.1) is 5.10 Å². The van der Waals surface area contributed by atoms with E-state index in [1.165, 1.54) is 16.9 Å². The Balaban J connectivity index is 2.53. The van der Waals surface area contributed by atoms with Crippen LogP contribution in [-0.2, 0) is 0 Å². The summed E-state index contributed by atoms with van der Waals surface area (Å²) in [6, 6.07) is 1.47. The van der Waals surface area contributed by atoms with E-state index in [2.05, 4.69) is 20.3 Å². The highest BCUT2D eigenvalue weighted by Gasteiger charge is 2.02. The minimum absolute atomic E-state index is 0.304. The minimum Gasteiger partial charge on any atom is -0.383 e. The molecule has 0 spiro atoms. The molecule has 0 amide bonds.